The Hall–Kier alpha value is -3.46. The molecule has 32 heavy (non-hydrogen) atoms. The number of phenolic OH excluding ortho intramolecular Hbond substituents is 4. The van der Waals surface area contributed by atoms with Gasteiger partial charge in [0.2, 0.25) is 0 Å². The van der Waals surface area contributed by atoms with Crippen LogP contribution in [0.1, 0.15) is 22.8 Å². The maximum atomic E-state index is 11.6. The number of hydrogen-bond acceptors (Lipinski definition) is 8. The lowest BCUT2D eigenvalue weighted by Gasteiger charge is -2.46. The van der Waals surface area contributed by atoms with Crippen LogP contribution in [0.25, 0.3) is 0 Å². The molecule has 0 fully saturated rings. The number of aliphatic hydroxyl groups is 2. The van der Waals surface area contributed by atoms with E-state index in [0.717, 1.165) is 11.6 Å². The van der Waals surface area contributed by atoms with Crippen LogP contribution >= 0.6 is 0 Å². The summed E-state index contributed by atoms with van der Waals surface area (Å²) in [5.41, 5.74) is -0.251. The monoisotopic (exact) mass is 440 g/mol. The van der Waals surface area contributed by atoms with Crippen LogP contribution in [0.2, 0.25) is 0 Å². The van der Waals surface area contributed by atoms with Gasteiger partial charge in [-0.1, -0.05) is 36.4 Å². The van der Waals surface area contributed by atoms with Crippen molar-refractivity contribution in [2.45, 2.75) is 24.2 Å². The predicted octanol–water partition coefficient (Wildman–Crippen LogP) is 2.45. The minimum absolute atomic E-state index is 0.0826. The molecule has 1 aliphatic heterocycles. The van der Waals surface area contributed by atoms with Gasteiger partial charge in [0.05, 0.1) is 18.8 Å². The molecule has 0 amide bonds. The van der Waals surface area contributed by atoms with Gasteiger partial charge in [0.15, 0.2) is 17.1 Å². The highest BCUT2D eigenvalue weighted by Gasteiger charge is 2.52. The van der Waals surface area contributed by atoms with Crippen molar-refractivity contribution in [3.8, 4) is 28.7 Å². The van der Waals surface area contributed by atoms with Gasteiger partial charge in [-0.3, -0.25) is 0 Å². The van der Waals surface area contributed by atoms with E-state index < -0.39 is 23.6 Å². The predicted molar refractivity (Wildman–Crippen MR) is 114 cm³/mol. The van der Waals surface area contributed by atoms with Crippen LogP contribution in [0.4, 0.5) is 0 Å². The van der Waals surface area contributed by atoms with E-state index in [1.165, 1.54) is 24.3 Å². The smallest absolute Gasteiger partial charge is 0.167 e. The zero-order chi connectivity index (χ0) is 22.9. The maximum Gasteiger partial charge on any atom is 0.167 e. The lowest BCUT2D eigenvalue weighted by molar-refractivity contribution is -0.157. The highest BCUT2D eigenvalue weighted by Crippen LogP contribution is 2.52. The highest BCUT2D eigenvalue weighted by atomic mass is 16.5. The number of benzene rings is 3. The molecule has 0 aliphatic carbocycles. The number of rotatable bonds is 6. The summed E-state index contributed by atoms with van der Waals surface area (Å²) in [6, 6.07) is 15.7. The van der Waals surface area contributed by atoms with E-state index >= 15 is 0 Å². The van der Waals surface area contributed by atoms with Gasteiger partial charge in [0.1, 0.15) is 29.5 Å². The Kier molecular flexibility index (Phi) is 5.84. The molecule has 8 heteroatoms. The molecule has 4 rings (SSSR count). The Balaban J connectivity index is 1.94. The van der Waals surface area contributed by atoms with Gasteiger partial charge in [-0.15, -0.1) is 0 Å². The van der Waals surface area contributed by atoms with E-state index in [-0.39, 0.29) is 48.2 Å². The van der Waals surface area contributed by atoms with Crippen LogP contribution in [0, 0.1) is 0 Å². The average molecular weight is 440 g/mol. The van der Waals surface area contributed by atoms with Gasteiger partial charge in [-0.2, -0.15) is 0 Å². The molecule has 3 unspecified atom stereocenters. The van der Waals surface area contributed by atoms with Crippen molar-refractivity contribution in [1.29, 1.82) is 0 Å². The standard InChI is InChI=1S/C24H24O8/c25-8-9-31-22-21-19(29)11-16(26)12-20(21)32-24(23(22)30,13-14-4-2-1-3-5-14)15-6-7-17(27)18(28)10-15/h1-7,10-12,22-23,25-30H,8-9,13H2. The third kappa shape index (κ3) is 3.80. The van der Waals surface area contributed by atoms with Gasteiger partial charge in [-0.25, -0.2) is 0 Å². The molecule has 0 saturated heterocycles. The number of fused-ring (bicyclic) bond motifs is 1. The summed E-state index contributed by atoms with van der Waals surface area (Å²) in [6.07, 6.45) is -2.39. The lowest BCUT2D eigenvalue weighted by Crippen LogP contribution is -2.53. The molecular weight excluding hydrogens is 416 g/mol. The van der Waals surface area contributed by atoms with Crippen molar-refractivity contribution in [3.63, 3.8) is 0 Å². The quantitative estimate of drug-likeness (QED) is 0.321. The number of hydrogen-bond donors (Lipinski definition) is 6. The van der Waals surface area contributed by atoms with Crippen molar-refractivity contribution in [2.24, 2.45) is 0 Å². The van der Waals surface area contributed by atoms with Gasteiger partial charge in [0.25, 0.3) is 0 Å². The second-order valence-corrected chi connectivity index (χ2v) is 7.69. The van der Waals surface area contributed by atoms with E-state index in [1.54, 1.807) is 0 Å². The molecular formula is C24H24O8. The second-order valence-electron chi connectivity index (χ2n) is 7.69. The van der Waals surface area contributed by atoms with E-state index in [4.69, 9.17) is 9.47 Å². The first kappa shape index (κ1) is 21.8. The molecule has 3 aromatic carbocycles. The molecule has 8 nitrogen and oxygen atoms in total. The summed E-state index contributed by atoms with van der Waals surface area (Å²) in [5, 5.41) is 61.4. The number of aliphatic hydroxyl groups excluding tert-OH is 2. The molecule has 0 radical (unpaired) electrons. The van der Waals surface area contributed by atoms with Crippen LogP contribution in [-0.2, 0) is 16.8 Å². The average Bonchev–Trinajstić information content (AvgIpc) is 2.76. The Morgan fingerprint density at radius 2 is 1.62 bits per heavy atom. The van der Waals surface area contributed by atoms with Crippen molar-refractivity contribution >= 4 is 0 Å². The van der Waals surface area contributed by atoms with Gasteiger partial charge in [-0.05, 0) is 17.7 Å². The molecule has 0 saturated carbocycles. The van der Waals surface area contributed by atoms with Crippen LogP contribution in [0.3, 0.4) is 0 Å². The fourth-order valence-electron chi connectivity index (χ4n) is 4.14. The van der Waals surface area contributed by atoms with E-state index in [9.17, 15) is 30.6 Å². The Morgan fingerprint density at radius 3 is 2.31 bits per heavy atom. The Bertz CT molecular complexity index is 1100. The second kappa shape index (κ2) is 8.58. The highest BCUT2D eigenvalue weighted by molar-refractivity contribution is 5.55. The molecule has 3 aromatic rings. The summed E-state index contributed by atoms with van der Waals surface area (Å²) in [6.45, 7) is -0.437. The van der Waals surface area contributed by atoms with Crippen molar-refractivity contribution in [1.82, 2.24) is 0 Å². The van der Waals surface area contributed by atoms with E-state index in [2.05, 4.69) is 0 Å². The zero-order valence-corrected chi connectivity index (χ0v) is 17.0. The molecule has 0 aromatic heterocycles. The molecule has 3 atom stereocenters. The first-order valence-corrected chi connectivity index (χ1v) is 10.1. The number of phenols is 4. The van der Waals surface area contributed by atoms with E-state index in [0.29, 0.717) is 5.56 Å². The summed E-state index contributed by atoms with van der Waals surface area (Å²) >= 11 is 0. The summed E-state index contributed by atoms with van der Waals surface area (Å²) in [5.74, 6) is -1.23. The van der Waals surface area contributed by atoms with Gasteiger partial charge < -0.3 is 40.1 Å². The molecule has 168 valence electrons. The topological polar surface area (TPSA) is 140 Å². The minimum atomic E-state index is -1.53. The van der Waals surface area contributed by atoms with Gasteiger partial charge >= 0.3 is 0 Å². The minimum Gasteiger partial charge on any atom is -0.508 e. The first-order chi connectivity index (χ1) is 15.4. The fraction of sp³-hybridized carbons (Fsp3) is 0.250. The number of aromatic hydroxyl groups is 4. The largest absolute Gasteiger partial charge is 0.508 e. The van der Waals surface area contributed by atoms with Gasteiger partial charge in [0, 0.05) is 24.1 Å². The molecule has 6 N–H and O–H groups in total. The van der Waals surface area contributed by atoms with E-state index in [1.807, 2.05) is 30.3 Å². The Morgan fingerprint density at radius 1 is 0.875 bits per heavy atom. The van der Waals surface area contributed by atoms with Crippen molar-refractivity contribution < 1.29 is 40.1 Å². The maximum absolute atomic E-state index is 11.6. The molecule has 0 spiro atoms. The normalized spacial score (nSPS) is 22.2. The summed E-state index contributed by atoms with van der Waals surface area (Å²) in [7, 11) is 0. The summed E-state index contributed by atoms with van der Waals surface area (Å²) < 4.78 is 12.0. The number of ether oxygens (including phenoxy) is 2. The first-order valence-electron chi connectivity index (χ1n) is 10.1. The molecule has 1 aliphatic rings. The third-order valence-electron chi connectivity index (χ3n) is 5.61. The van der Waals surface area contributed by atoms with Crippen molar-refractivity contribution in [2.75, 3.05) is 13.2 Å². The zero-order valence-electron chi connectivity index (χ0n) is 17.0. The summed E-state index contributed by atoms with van der Waals surface area (Å²) in [4.78, 5) is 0. The van der Waals surface area contributed by atoms with Crippen LogP contribution in [0.15, 0.2) is 60.7 Å². The molecule has 0 bridgehead atoms. The third-order valence-corrected chi connectivity index (χ3v) is 5.61. The Labute approximate surface area is 184 Å². The van der Waals surface area contributed by atoms with Crippen LogP contribution in [0.5, 0.6) is 28.7 Å². The van der Waals surface area contributed by atoms with Crippen LogP contribution in [-0.4, -0.2) is 50.0 Å². The SMILES string of the molecule is OCCOC1c2c(O)cc(O)cc2OC(Cc2ccccc2)(c2ccc(O)c(O)c2)C1O. The van der Waals surface area contributed by atoms with Crippen molar-refractivity contribution in [3.05, 3.63) is 77.4 Å². The van der Waals surface area contributed by atoms with Crippen LogP contribution < -0.4 is 4.74 Å². The molecule has 1 heterocycles. The fourth-order valence-corrected chi connectivity index (χ4v) is 4.14. The lowest BCUT2D eigenvalue weighted by atomic mass is 9.76.